The summed E-state index contributed by atoms with van der Waals surface area (Å²) in [6.07, 6.45) is 0.688. The zero-order valence-electron chi connectivity index (χ0n) is 7.79. The molecule has 0 atom stereocenters. The number of rotatable bonds is 2. The van der Waals surface area contributed by atoms with Gasteiger partial charge in [0.1, 0.15) is 0 Å². The second-order valence-corrected chi connectivity index (χ2v) is 2.61. The van der Waals surface area contributed by atoms with E-state index in [0.29, 0.717) is 12.2 Å². The minimum atomic E-state index is 0.163. The van der Waals surface area contributed by atoms with E-state index in [1.807, 2.05) is 6.07 Å². The number of methoxy groups -OCH3 is 1. The first-order chi connectivity index (χ1) is 6.27. The van der Waals surface area contributed by atoms with Gasteiger partial charge in [0.05, 0.1) is 7.11 Å². The lowest BCUT2D eigenvalue weighted by Gasteiger charge is -2.03. The number of hydrogen-bond acceptors (Lipinski definition) is 2. The Bertz CT molecular complexity index is 345. The lowest BCUT2D eigenvalue weighted by Crippen LogP contribution is -1.87. The van der Waals surface area contributed by atoms with Gasteiger partial charge in [-0.25, -0.2) is 0 Å². The quantitative estimate of drug-likeness (QED) is 0.698. The van der Waals surface area contributed by atoms with Gasteiger partial charge in [-0.05, 0) is 24.6 Å². The largest absolute Gasteiger partial charge is 0.504 e. The summed E-state index contributed by atoms with van der Waals surface area (Å²) in [5.74, 6) is 6.42. The summed E-state index contributed by atoms with van der Waals surface area (Å²) in [5, 5.41) is 9.30. The highest BCUT2D eigenvalue weighted by molar-refractivity contribution is 5.42. The molecule has 0 aromatic heterocycles. The second kappa shape index (κ2) is 4.42. The Balaban J connectivity index is 2.90. The van der Waals surface area contributed by atoms with Crippen LogP contribution in [-0.4, -0.2) is 12.2 Å². The van der Waals surface area contributed by atoms with E-state index < -0.39 is 0 Å². The molecule has 0 heterocycles. The molecule has 0 aliphatic carbocycles. The van der Waals surface area contributed by atoms with Crippen molar-refractivity contribution in [3.63, 3.8) is 0 Å². The standard InChI is InChI=1S/C11H12O2/c1-3-4-5-9-6-7-10(12)11(8-9)13-2/h6-8,12H,5H2,1-2H3. The molecule has 0 unspecified atom stereocenters. The average Bonchev–Trinajstić information content (AvgIpc) is 2.16. The van der Waals surface area contributed by atoms with Crippen LogP contribution in [0.15, 0.2) is 18.2 Å². The smallest absolute Gasteiger partial charge is 0.160 e. The van der Waals surface area contributed by atoms with Crippen molar-refractivity contribution in [2.45, 2.75) is 13.3 Å². The van der Waals surface area contributed by atoms with Crippen molar-refractivity contribution in [2.75, 3.05) is 7.11 Å². The van der Waals surface area contributed by atoms with Crippen LogP contribution in [-0.2, 0) is 6.42 Å². The molecular formula is C11H12O2. The zero-order chi connectivity index (χ0) is 9.68. The Hall–Kier alpha value is -1.62. The molecule has 0 bridgehead atoms. The fourth-order valence-corrected chi connectivity index (χ4v) is 1.02. The summed E-state index contributed by atoms with van der Waals surface area (Å²) >= 11 is 0. The van der Waals surface area contributed by atoms with Gasteiger partial charge in [-0.15, -0.1) is 5.92 Å². The minimum Gasteiger partial charge on any atom is -0.504 e. The lowest BCUT2D eigenvalue weighted by atomic mass is 10.1. The molecule has 2 heteroatoms. The van der Waals surface area contributed by atoms with Gasteiger partial charge in [0, 0.05) is 6.42 Å². The number of benzene rings is 1. The van der Waals surface area contributed by atoms with Crippen molar-refractivity contribution in [1.29, 1.82) is 0 Å². The van der Waals surface area contributed by atoms with Crippen molar-refractivity contribution in [3.8, 4) is 23.3 Å². The predicted octanol–water partition coefficient (Wildman–Crippen LogP) is 1.97. The molecular weight excluding hydrogens is 164 g/mol. The van der Waals surface area contributed by atoms with E-state index in [2.05, 4.69) is 11.8 Å². The third-order valence-corrected chi connectivity index (χ3v) is 1.71. The second-order valence-electron chi connectivity index (χ2n) is 2.61. The fraction of sp³-hybridized carbons (Fsp3) is 0.273. The summed E-state index contributed by atoms with van der Waals surface area (Å²) in [7, 11) is 1.53. The molecule has 1 aromatic rings. The number of hydrogen-bond donors (Lipinski definition) is 1. The van der Waals surface area contributed by atoms with Gasteiger partial charge in [0.2, 0.25) is 0 Å². The molecule has 1 rings (SSSR count). The number of aromatic hydroxyl groups is 1. The Labute approximate surface area is 78.2 Å². The van der Waals surface area contributed by atoms with Crippen LogP contribution in [0.2, 0.25) is 0 Å². The van der Waals surface area contributed by atoms with Gasteiger partial charge in [-0.2, -0.15) is 0 Å². The molecule has 0 radical (unpaired) electrons. The Morgan fingerprint density at radius 2 is 2.23 bits per heavy atom. The lowest BCUT2D eigenvalue weighted by molar-refractivity contribution is 0.373. The molecule has 1 N–H and O–H groups in total. The van der Waals surface area contributed by atoms with E-state index in [0.717, 1.165) is 5.56 Å². The van der Waals surface area contributed by atoms with E-state index in [1.54, 1.807) is 19.1 Å². The number of phenols is 1. The van der Waals surface area contributed by atoms with Crippen LogP contribution in [0.5, 0.6) is 11.5 Å². The average molecular weight is 176 g/mol. The molecule has 1 aromatic carbocycles. The molecule has 68 valence electrons. The third-order valence-electron chi connectivity index (χ3n) is 1.71. The monoisotopic (exact) mass is 176 g/mol. The van der Waals surface area contributed by atoms with Gasteiger partial charge >= 0.3 is 0 Å². The zero-order valence-corrected chi connectivity index (χ0v) is 7.79. The van der Waals surface area contributed by atoms with Gasteiger partial charge in [0.25, 0.3) is 0 Å². The molecule has 0 aliphatic rings. The van der Waals surface area contributed by atoms with E-state index in [4.69, 9.17) is 4.74 Å². The van der Waals surface area contributed by atoms with Crippen LogP contribution in [0.4, 0.5) is 0 Å². The fourth-order valence-electron chi connectivity index (χ4n) is 1.02. The maximum atomic E-state index is 9.30. The third kappa shape index (κ3) is 2.41. The predicted molar refractivity (Wildman–Crippen MR) is 51.8 cm³/mol. The topological polar surface area (TPSA) is 29.5 Å². The number of ether oxygens (including phenoxy) is 1. The SMILES string of the molecule is CC#CCc1ccc(O)c(OC)c1. The van der Waals surface area contributed by atoms with Gasteiger partial charge in [0.15, 0.2) is 11.5 Å². The van der Waals surface area contributed by atoms with Crippen LogP contribution in [0.1, 0.15) is 12.5 Å². The summed E-state index contributed by atoms with van der Waals surface area (Å²) in [6.45, 7) is 1.80. The van der Waals surface area contributed by atoms with Crippen LogP contribution >= 0.6 is 0 Å². The highest BCUT2D eigenvalue weighted by atomic mass is 16.5. The Morgan fingerprint density at radius 1 is 1.46 bits per heavy atom. The molecule has 0 saturated carbocycles. The van der Waals surface area contributed by atoms with Crippen molar-refractivity contribution >= 4 is 0 Å². The van der Waals surface area contributed by atoms with Crippen LogP contribution in [0.3, 0.4) is 0 Å². The van der Waals surface area contributed by atoms with Crippen molar-refractivity contribution in [1.82, 2.24) is 0 Å². The molecule has 13 heavy (non-hydrogen) atoms. The van der Waals surface area contributed by atoms with E-state index in [9.17, 15) is 5.11 Å². The van der Waals surface area contributed by atoms with Crippen LogP contribution < -0.4 is 4.74 Å². The first-order valence-electron chi connectivity index (χ1n) is 4.03. The molecule has 0 amide bonds. The maximum absolute atomic E-state index is 9.30. The van der Waals surface area contributed by atoms with Crippen LogP contribution in [0, 0.1) is 11.8 Å². The van der Waals surface area contributed by atoms with Crippen molar-refractivity contribution in [3.05, 3.63) is 23.8 Å². The van der Waals surface area contributed by atoms with Gasteiger partial charge in [-0.3, -0.25) is 0 Å². The highest BCUT2D eigenvalue weighted by Crippen LogP contribution is 2.26. The van der Waals surface area contributed by atoms with Gasteiger partial charge in [-0.1, -0.05) is 12.0 Å². The maximum Gasteiger partial charge on any atom is 0.160 e. The molecule has 0 aliphatic heterocycles. The Kier molecular flexibility index (Phi) is 3.22. The number of phenolic OH excluding ortho intramolecular Hbond substituents is 1. The summed E-state index contributed by atoms with van der Waals surface area (Å²) < 4.78 is 4.97. The molecule has 2 nitrogen and oxygen atoms in total. The van der Waals surface area contributed by atoms with Crippen molar-refractivity contribution < 1.29 is 9.84 Å². The first kappa shape index (κ1) is 9.47. The van der Waals surface area contributed by atoms with E-state index >= 15 is 0 Å². The van der Waals surface area contributed by atoms with E-state index in [1.165, 1.54) is 7.11 Å². The van der Waals surface area contributed by atoms with Gasteiger partial charge < -0.3 is 9.84 Å². The summed E-state index contributed by atoms with van der Waals surface area (Å²) in [4.78, 5) is 0. The highest BCUT2D eigenvalue weighted by Gasteiger charge is 2.00. The van der Waals surface area contributed by atoms with E-state index in [-0.39, 0.29) is 5.75 Å². The van der Waals surface area contributed by atoms with Crippen molar-refractivity contribution in [2.24, 2.45) is 0 Å². The molecule has 0 fully saturated rings. The summed E-state index contributed by atoms with van der Waals surface area (Å²) in [5.41, 5.74) is 1.05. The normalized spacial score (nSPS) is 8.77. The molecule has 0 saturated heterocycles. The first-order valence-corrected chi connectivity index (χ1v) is 4.03. The summed E-state index contributed by atoms with van der Waals surface area (Å²) in [6, 6.07) is 5.24. The van der Waals surface area contributed by atoms with Crippen LogP contribution in [0.25, 0.3) is 0 Å². The molecule has 0 spiro atoms. The minimum absolute atomic E-state index is 0.163. The Morgan fingerprint density at radius 3 is 2.85 bits per heavy atom.